The molecule has 0 fully saturated rings. The zero-order valence-corrected chi connectivity index (χ0v) is 22.5. The number of hydrogen-bond acceptors (Lipinski definition) is 7. The number of hydrogen-bond donors (Lipinski definition) is 2. The minimum Gasteiger partial charge on any atom is -0.458 e. The SMILES string of the molecule is CC[C@@]1(O)C(=O)OCc2c1cc1n(c2=O)Cc2c-1nc1cc(F)c(C)c3c1c2[C@@H](CC(=O)C(C)(C)CO)CC3. The van der Waals surface area contributed by atoms with Crippen LogP contribution in [0.4, 0.5) is 4.39 Å². The van der Waals surface area contributed by atoms with E-state index < -0.39 is 17.0 Å². The van der Waals surface area contributed by atoms with Crippen LogP contribution in [0.15, 0.2) is 16.9 Å². The second-order valence-electron chi connectivity index (χ2n) is 11.7. The van der Waals surface area contributed by atoms with Crippen LogP contribution in [0.1, 0.15) is 79.3 Å². The first kappa shape index (κ1) is 25.8. The molecule has 1 aromatic carbocycles. The van der Waals surface area contributed by atoms with E-state index in [2.05, 4.69) is 0 Å². The van der Waals surface area contributed by atoms with Crippen LogP contribution in [0.2, 0.25) is 0 Å². The lowest BCUT2D eigenvalue weighted by atomic mass is 9.73. The molecule has 0 bridgehead atoms. The van der Waals surface area contributed by atoms with Gasteiger partial charge in [0, 0.05) is 34.4 Å². The lowest BCUT2D eigenvalue weighted by Crippen LogP contribution is -2.44. The van der Waals surface area contributed by atoms with Crippen molar-refractivity contribution in [2.24, 2.45) is 5.41 Å². The second-order valence-corrected chi connectivity index (χ2v) is 11.7. The average Bonchev–Trinajstić information content (AvgIpc) is 3.28. The van der Waals surface area contributed by atoms with Crippen molar-refractivity contribution in [2.45, 2.75) is 78.0 Å². The van der Waals surface area contributed by atoms with Crippen LogP contribution in [0.5, 0.6) is 0 Å². The molecule has 204 valence electrons. The number of ether oxygens (including phenoxy) is 1. The van der Waals surface area contributed by atoms with Crippen LogP contribution in [-0.4, -0.2) is 38.1 Å². The van der Waals surface area contributed by atoms with E-state index in [9.17, 15) is 24.6 Å². The fraction of sp³-hybridized carbons (Fsp3) is 0.467. The molecule has 0 saturated carbocycles. The number of rotatable bonds is 5. The van der Waals surface area contributed by atoms with E-state index in [-0.39, 0.29) is 66.8 Å². The predicted molar refractivity (Wildman–Crippen MR) is 141 cm³/mol. The summed E-state index contributed by atoms with van der Waals surface area (Å²) in [5.41, 5.74) is 1.71. The standard InChI is InChI=1S/C30H31FN2O6/c1-5-30(38)19-9-22-26-17(11-33(22)27(36)18(19)12-39-28(30)37)24-15(8-23(35)29(3,4)13-34)6-7-16-14(2)20(31)10-21(32-26)25(16)24/h9-10,15,34,38H,5-8,11-13H2,1-4H3/t15-,30+/m1/s1. The predicted octanol–water partition coefficient (Wildman–Crippen LogP) is 3.53. The van der Waals surface area contributed by atoms with Gasteiger partial charge in [-0.2, -0.15) is 0 Å². The number of ketones is 1. The molecule has 2 aromatic heterocycles. The van der Waals surface area contributed by atoms with Gasteiger partial charge in [-0.05, 0) is 54.9 Å². The molecule has 0 saturated heterocycles. The highest BCUT2D eigenvalue weighted by molar-refractivity contribution is 5.94. The van der Waals surface area contributed by atoms with Gasteiger partial charge in [0.05, 0.1) is 35.6 Å². The Morgan fingerprint density at radius 1 is 1.26 bits per heavy atom. The third-order valence-electron chi connectivity index (χ3n) is 9.08. The van der Waals surface area contributed by atoms with E-state index in [0.717, 1.165) is 22.1 Å². The van der Waals surface area contributed by atoms with Gasteiger partial charge in [-0.15, -0.1) is 0 Å². The number of benzene rings is 1. The molecule has 3 aliphatic rings. The zero-order valence-electron chi connectivity index (χ0n) is 22.5. The smallest absolute Gasteiger partial charge is 0.343 e. The van der Waals surface area contributed by atoms with Crippen molar-refractivity contribution < 1.29 is 28.9 Å². The molecule has 2 atom stereocenters. The van der Waals surface area contributed by atoms with Gasteiger partial charge in [-0.1, -0.05) is 20.8 Å². The maximum Gasteiger partial charge on any atom is 0.343 e. The number of carbonyl (C=O) groups is 2. The molecule has 4 heterocycles. The molecule has 0 unspecified atom stereocenters. The zero-order chi connectivity index (χ0) is 28.0. The Labute approximate surface area is 224 Å². The highest BCUT2D eigenvalue weighted by Crippen LogP contribution is 2.48. The summed E-state index contributed by atoms with van der Waals surface area (Å²) in [6, 6.07) is 3.04. The fourth-order valence-corrected chi connectivity index (χ4v) is 6.44. The van der Waals surface area contributed by atoms with Gasteiger partial charge in [0.15, 0.2) is 5.60 Å². The molecule has 2 aliphatic heterocycles. The monoisotopic (exact) mass is 534 g/mol. The van der Waals surface area contributed by atoms with Crippen LogP contribution >= 0.6 is 0 Å². The van der Waals surface area contributed by atoms with Crippen molar-refractivity contribution in [3.8, 4) is 11.4 Å². The van der Waals surface area contributed by atoms with Crippen molar-refractivity contribution >= 4 is 22.7 Å². The van der Waals surface area contributed by atoms with E-state index in [0.29, 0.717) is 35.3 Å². The number of pyridine rings is 2. The summed E-state index contributed by atoms with van der Waals surface area (Å²) < 4.78 is 21.8. The Balaban J connectivity index is 1.62. The molecule has 39 heavy (non-hydrogen) atoms. The Kier molecular flexibility index (Phi) is 5.65. The van der Waals surface area contributed by atoms with Crippen molar-refractivity contribution in [3.05, 3.63) is 61.7 Å². The van der Waals surface area contributed by atoms with Gasteiger partial charge in [0.25, 0.3) is 5.56 Å². The third kappa shape index (κ3) is 3.49. The number of aromatic nitrogens is 2. The Bertz CT molecular complexity index is 1670. The largest absolute Gasteiger partial charge is 0.458 e. The molecule has 6 rings (SSSR count). The van der Waals surface area contributed by atoms with E-state index in [4.69, 9.17) is 9.72 Å². The number of cyclic esters (lactones) is 1. The van der Waals surface area contributed by atoms with Crippen LogP contribution in [0, 0.1) is 18.2 Å². The number of fused-ring (bicyclic) bond motifs is 5. The summed E-state index contributed by atoms with van der Waals surface area (Å²) in [4.78, 5) is 44.3. The number of nitrogens with zero attached hydrogens (tertiary/aromatic N) is 2. The Hall–Kier alpha value is -3.43. The number of aliphatic hydroxyl groups is 2. The van der Waals surface area contributed by atoms with E-state index >= 15 is 4.39 Å². The van der Waals surface area contributed by atoms with E-state index in [1.165, 1.54) is 6.07 Å². The molecule has 8 nitrogen and oxygen atoms in total. The van der Waals surface area contributed by atoms with E-state index in [1.807, 2.05) is 0 Å². The third-order valence-corrected chi connectivity index (χ3v) is 9.08. The summed E-state index contributed by atoms with van der Waals surface area (Å²) in [7, 11) is 0. The topological polar surface area (TPSA) is 119 Å². The summed E-state index contributed by atoms with van der Waals surface area (Å²) in [5.74, 6) is -1.43. The maximum atomic E-state index is 15.0. The molecule has 0 radical (unpaired) electrons. The summed E-state index contributed by atoms with van der Waals surface area (Å²) in [5, 5.41) is 21.8. The minimum atomic E-state index is -1.95. The Morgan fingerprint density at radius 2 is 2.00 bits per heavy atom. The molecule has 0 amide bonds. The lowest BCUT2D eigenvalue weighted by molar-refractivity contribution is -0.172. The number of carbonyl (C=O) groups excluding carboxylic acids is 2. The van der Waals surface area contributed by atoms with Gasteiger partial charge in [0.2, 0.25) is 0 Å². The molecule has 3 aromatic rings. The van der Waals surface area contributed by atoms with Gasteiger partial charge in [0.1, 0.15) is 18.2 Å². The highest BCUT2D eigenvalue weighted by atomic mass is 19.1. The second kappa shape index (κ2) is 8.53. The Morgan fingerprint density at radius 3 is 2.69 bits per heavy atom. The van der Waals surface area contributed by atoms with Crippen molar-refractivity contribution in [1.82, 2.24) is 9.55 Å². The maximum absolute atomic E-state index is 15.0. The van der Waals surface area contributed by atoms with Gasteiger partial charge >= 0.3 is 5.97 Å². The van der Waals surface area contributed by atoms with Crippen LogP contribution < -0.4 is 5.56 Å². The van der Waals surface area contributed by atoms with Gasteiger partial charge < -0.3 is 19.5 Å². The van der Waals surface area contributed by atoms with Crippen molar-refractivity contribution in [2.75, 3.05) is 6.61 Å². The molecule has 9 heteroatoms. The first-order valence-electron chi connectivity index (χ1n) is 13.4. The average molecular weight is 535 g/mol. The number of Topliss-reactive ketones (excluding diaryl/α,β-unsaturated/α-hetero) is 1. The van der Waals surface area contributed by atoms with Crippen LogP contribution in [0.3, 0.4) is 0 Å². The summed E-state index contributed by atoms with van der Waals surface area (Å²) in [6.45, 7) is 6.54. The van der Waals surface area contributed by atoms with Crippen molar-refractivity contribution in [1.29, 1.82) is 0 Å². The van der Waals surface area contributed by atoms with E-state index in [1.54, 1.807) is 38.3 Å². The lowest BCUT2D eigenvalue weighted by Gasteiger charge is -2.31. The van der Waals surface area contributed by atoms with Crippen LogP contribution in [-0.2, 0) is 39.5 Å². The summed E-state index contributed by atoms with van der Waals surface area (Å²) in [6.07, 6.45) is 1.45. The molecule has 0 spiro atoms. The minimum absolute atomic E-state index is 0.0314. The fourth-order valence-electron chi connectivity index (χ4n) is 6.44. The number of halogens is 1. The van der Waals surface area contributed by atoms with Gasteiger partial charge in [-0.25, -0.2) is 14.2 Å². The number of aliphatic hydroxyl groups excluding tert-OH is 1. The van der Waals surface area contributed by atoms with Crippen molar-refractivity contribution in [3.63, 3.8) is 0 Å². The molecular formula is C30H31FN2O6. The van der Waals surface area contributed by atoms with Crippen LogP contribution in [0.25, 0.3) is 22.3 Å². The normalized spacial score (nSPS) is 21.4. The highest BCUT2D eigenvalue weighted by Gasteiger charge is 2.46. The summed E-state index contributed by atoms with van der Waals surface area (Å²) >= 11 is 0. The van der Waals surface area contributed by atoms with Gasteiger partial charge in [-0.3, -0.25) is 9.59 Å². The molecule has 2 N–H and O–H groups in total. The molecule has 1 aliphatic carbocycles. The first-order chi connectivity index (χ1) is 18.4. The molecular weight excluding hydrogens is 503 g/mol. The number of esters is 1. The first-order valence-corrected chi connectivity index (χ1v) is 13.4. The number of aryl methyl sites for hydroxylation is 1. The quantitative estimate of drug-likeness (QED) is 0.376.